The van der Waals surface area contributed by atoms with Crippen LogP contribution < -0.4 is 24.4 Å². The van der Waals surface area contributed by atoms with Gasteiger partial charge in [-0.2, -0.15) is 0 Å². The van der Waals surface area contributed by atoms with Crippen LogP contribution in [0.15, 0.2) is 55.9 Å². The van der Waals surface area contributed by atoms with E-state index in [0.29, 0.717) is 31.9 Å². The number of carbonyl (C=O) groups excluding carboxylic acids is 1. The van der Waals surface area contributed by atoms with Gasteiger partial charge in [-0.15, -0.1) is 0 Å². The number of hydrogen-bond acceptors (Lipinski definition) is 7. The summed E-state index contributed by atoms with van der Waals surface area (Å²) >= 11 is 9.32. The molecule has 2 aromatic carbocycles. The molecule has 0 radical (unpaired) electrons. The summed E-state index contributed by atoms with van der Waals surface area (Å²) in [6.45, 7) is 9.33. The van der Waals surface area contributed by atoms with Crippen LogP contribution in [-0.2, 0) is 9.53 Å². The van der Waals surface area contributed by atoms with Crippen LogP contribution in [0.1, 0.15) is 51.8 Å². The minimum Gasteiger partial charge on any atom is -0.496 e. The Morgan fingerprint density at radius 2 is 1.79 bits per heavy atom. The van der Waals surface area contributed by atoms with Gasteiger partial charge in [-0.1, -0.05) is 27.3 Å². The van der Waals surface area contributed by atoms with Crippen LogP contribution in [0.25, 0.3) is 6.08 Å². The first kappa shape index (κ1) is 30.3. The topological polar surface area (TPSA) is 79.1 Å². The van der Waals surface area contributed by atoms with E-state index in [-0.39, 0.29) is 17.8 Å². The maximum atomic E-state index is 14.0. The third-order valence-corrected chi connectivity index (χ3v) is 8.82. The Labute approximate surface area is 266 Å². The minimum absolute atomic E-state index is 0.0522. The Kier molecular flexibility index (Phi) is 9.65. The molecule has 0 N–H and O–H groups in total. The van der Waals surface area contributed by atoms with Crippen molar-refractivity contribution in [1.29, 1.82) is 0 Å². The number of methoxy groups -OCH3 is 1. The molecule has 0 saturated heterocycles. The van der Waals surface area contributed by atoms with Crippen molar-refractivity contribution in [2.75, 3.05) is 7.11 Å². The van der Waals surface area contributed by atoms with Gasteiger partial charge in [-0.05, 0) is 122 Å². The highest BCUT2D eigenvalue weighted by molar-refractivity contribution is 14.1. The van der Waals surface area contributed by atoms with E-state index in [4.69, 9.17) is 14.2 Å². The highest BCUT2D eigenvalue weighted by atomic mass is 127. The van der Waals surface area contributed by atoms with Gasteiger partial charge < -0.3 is 14.2 Å². The Bertz CT molecular complexity index is 1640. The Morgan fingerprint density at radius 3 is 2.38 bits per heavy atom. The molecule has 0 fully saturated rings. The average molecular weight is 837 g/mol. The molecule has 7 nitrogen and oxygen atoms in total. The number of aromatic nitrogens is 1. The lowest BCUT2D eigenvalue weighted by atomic mass is 9.95. The molecule has 1 aliphatic rings. The van der Waals surface area contributed by atoms with E-state index in [0.717, 1.165) is 22.9 Å². The first-order chi connectivity index (χ1) is 18.4. The molecule has 2 heterocycles. The first-order valence-corrected chi connectivity index (χ1v) is 15.9. The van der Waals surface area contributed by atoms with Gasteiger partial charge in [0.05, 0.1) is 42.3 Å². The van der Waals surface area contributed by atoms with Crippen LogP contribution in [0.5, 0.6) is 11.5 Å². The molecule has 0 saturated carbocycles. The summed E-state index contributed by atoms with van der Waals surface area (Å²) in [5.74, 6) is 0.861. The van der Waals surface area contributed by atoms with Gasteiger partial charge in [0.15, 0.2) is 4.80 Å². The van der Waals surface area contributed by atoms with Crippen LogP contribution >= 0.6 is 72.4 Å². The largest absolute Gasteiger partial charge is 0.496 e. The van der Waals surface area contributed by atoms with E-state index in [1.165, 1.54) is 11.3 Å². The molecule has 3 aromatic rings. The molecule has 11 heteroatoms. The second-order valence-electron chi connectivity index (χ2n) is 9.40. The zero-order valence-electron chi connectivity index (χ0n) is 22.2. The lowest BCUT2D eigenvalue weighted by molar-refractivity contribution is -0.143. The molecule has 1 atom stereocenters. The monoisotopic (exact) mass is 836 g/mol. The van der Waals surface area contributed by atoms with Crippen molar-refractivity contribution in [3.05, 3.63) is 84.0 Å². The Morgan fingerprint density at radius 1 is 1.13 bits per heavy atom. The van der Waals surface area contributed by atoms with Gasteiger partial charge >= 0.3 is 5.97 Å². The van der Waals surface area contributed by atoms with Gasteiger partial charge in [-0.3, -0.25) is 9.36 Å². The number of fused-ring (bicyclic) bond motifs is 1. The lowest BCUT2D eigenvalue weighted by Gasteiger charge is -2.26. The summed E-state index contributed by atoms with van der Waals surface area (Å²) in [4.78, 5) is 32.5. The number of allylic oxidation sites excluding steroid dienone is 1. The number of benzene rings is 2. The molecular weight excluding hydrogens is 810 g/mol. The van der Waals surface area contributed by atoms with Gasteiger partial charge in [0.25, 0.3) is 5.56 Å². The third-order valence-electron chi connectivity index (χ3n) is 5.74. The summed E-state index contributed by atoms with van der Waals surface area (Å²) in [5, 5.41) is 0. The van der Waals surface area contributed by atoms with Crippen molar-refractivity contribution in [2.45, 2.75) is 52.9 Å². The number of thiazole rings is 1. The summed E-state index contributed by atoms with van der Waals surface area (Å²) in [6, 6.07) is 8.73. The second-order valence-corrected chi connectivity index (χ2v) is 13.7. The molecule has 0 unspecified atom stereocenters. The lowest BCUT2D eigenvalue weighted by Crippen LogP contribution is -2.40. The maximum Gasteiger partial charge on any atom is 0.338 e. The average Bonchev–Trinajstić information content (AvgIpc) is 3.14. The quantitative estimate of drug-likeness (QED) is 0.217. The SMILES string of the molecule is COc1ccc(Br)cc1[C@@H]1C(C(=O)OC(C)C)=C(C)N=c2s/c(=C\c3cc(I)c(OC(C)C)c(I)c3)c(=O)n21. The maximum absolute atomic E-state index is 14.0. The van der Waals surface area contributed by atoms with Gasteiger partial charge in [-0.25, -0.2) is 9.79 Å². The summed E-state index contributed by atoms with van der Waals surface area (Å²) in [7, 11) is 1.56. The fourth-order valence-electron chi connectivity index (χ4n) is 4.24. The predicted molar refractivity (Wildman–Crippen MR) is 173 cm³/mol. The van der Waals surface area contributed by atoms with Crippen molar-refractivity contribution in [2.24, 2.45) is 4.99 Å². The van der Waals surface area contributed by atoms with Gasteiger partial charge in [0, 0.05) is 10.0 Å². The van der Waals surface area contributed by atoms with Crippen LogP contribution in [0.2, 0.25) is 0 Å². The van der Waals surface area contributed by atoms with Crippen LogP contribution in [0, 0.1) is 7.14 Å². The standard InChI is InChI=1S/C28H27BrI2N2O5S/c1-13(2)37-25-19(30)9-16(10-20(25)31)11-22-26(34)33-24(18-12-17(29)7-8-21(18)36-6)23(27(35)38-14(3)4)15(5)32-28(33)39-22/h7-14,24H,1-6H3/b22-11-/t24-/m1/s1. The van der Waals surface area contributed by atoms with Crippen molar-refractivity contribution in [3.8, 4) is 11.5 Å². The smallest absolute Gasteiger partial charge is 0.338 e. The first-order valence-electron chi connectivity index (χ1n) is 12.1. The number of carbonyl (C=O) groups is 1. The number of rotatable bonds is 7. The molecule has 4 rings (SSSR count). The molecular formula is C28H27BrI2N2O5S. The van der Waals surface area contributed by atoms with E-state index < -0.39 is 12.0 Å². The Hall–Kier alpha value is -1.71. The molecule has 1 aliphatic heterocycles. The molecule has 39 heavy (non-hydrogen) atoms. The normalized spacial score (nSPS) is 15.5. The summed E-state index contributed by atoms with van der Waals surface area (Å²) < 4.78 is 22.0. The third kappa shape index (κ3) is 6.46. The molecule has 0 spiro atoms. The summed E-state index contributed by atoms with van der Waals surface area (Å²) in [5.41, 5.74) is 2.08. The number of esters is 1. The minimum atomic E-state index is -0.774. The molecule has 206 valence electrons. The molecule has 1 aromatic heterocycles. The number of nitrogens with zero attached hydrogens (tertiary/aromatic N) is 2. The molecule has 0 aliphatic carbocycles. The van der Waals surface area contributed by atoms with E-state index >= 15 is 0 Å². The van der Waals surface area contributed by atoms with Gasteiger partial charge in [0.2, 0.25) is 0 Å². The fraction of sp³-hybridized carbons (Fsp3) is 0.321. The van der Waals surface area contributed by atoms with Crippen LogP contribution in [0.4, 0.5) is 0 Å². The zero-order chi connectivity index (χ0) is 28.6. The number of halogens is 3. The summed E-state index contributed by atoms with van der Waals surface area (Å²) in [6.07, 6.45) is 1.57. The van der Waals surface area contributed by atoms with E-state index in [2.05, 4.69) is 66.1 Å². The predicted octanol–water partition coefficient (Wildman–Crippen LogP) is 5.95. The highest BCUT2D eigenvalue weighted by Crippen LogP contribution is 2.37. The number of ether oxygens (including phenoxy) is 3. The van der Waals surface area contributed by atoms with Crippen LogP contribution in [-0.4, -0.2) is 29.9 Å². The van der Waals surface area contributed by atoms with Crippen molar-refractivity contribution in [1.82, 2.24) is 4.57 Å². The zero-order valence-corrected chi connectivity index (χ0v) is 28.9. The van der Waals surface area contributed by atoms with Crippen LogP contribution in [0.3, 0.4) is 0 Å². The number of hydrogen-bond donors (Lipinski definition) is 0. The van der Waals surface area contributed by atoms with Gasteiger partial charge in [0.1, 0.15) is 17.5 Å². The fourth-order valence-corrected chi connectivity index (χ4v) is 7.73. The van der Waals surface area contributed by atoms with E-state index in [9.17, 15) is 9.59 Å². The van der Waals surface area contributed by atoms with E-state index in [1.807, 2.05) is 44.2 Å². The van der Waals surface area contributed by atoms with Crippen molar-refractivity contribution >= 4 is 84.5 Å². The van der Waals surface area contributed by atoms with Crippen molar-refractivity contribution in [3.63, 3.8) is 0 Å². The molecule has 0 amide bonds. The second kappa shape index (κ2) is 12.4. The van der Waals surface area contributed by atoms with E-state index in [1.54, 1.807) is 38.5 Å². The Balaban J connectivity index is 1.95. The van der Waals surface area contributed by atoms with Crippen molar-refractivity contribution < 1.29 is 19.0 Å². The highest BCUT2D eigenvalue weighted by Gasteiger charge is 2.35. The molecule has 0 bridgehead atoms.